The second kappa shape index (κ2) is 8.39. The van der Waals surface area contributed by atoms with E-state index in [-0.39, 0.29) is 12.1 Å². The predicted molar refractivity (Wildman–Crippen MR) is 112 cm³/mol. The Balaban J connectivity index is 1.38. The summed E-state index contributed by atoms with van der Waals surface area (Å²) in [5.41, 5.74) is 3.76. The molecule has 0 radical (unpaired) electrons. The molecule has 1 saturated heterocycles. The molecule has 1 aromatic heterocycles. The first-order chi connectivity index (χ1) is 13.6. The molecule has 1 fully saturated rings. The van der Waals surface area contributed by atoms with Crippen molar-refractivity contribution >= 4 is 6.03 Å². The second-order valence-electron chi connectivity index (χ2n) is 8.41. The Morgan fingerprint density at radius 3 is 2.71 bits per heavy atom. The van der Waals surface area contributed by atoms with E-state index in [1.807, 2.05) is 4.90 Å². The quantitative estimate of drug-likeness (QED) is 0.871. The number of rotatable bonds is 4. The first-order valence-corrected chi connectivity index (χ1v) is 10.6. The van der Waals surface area contributed by atoms with Crippen molar-refractivity contribution in [3.63, 3.8) is 0 Å². The van der Waals surface area contributed by atoms with Crippen molar-refractivity contribution in [1.29, 1.82) is 0 Å². The summed E-state index contributed by atoms with van der Waals surface area (Å²) in [5, 5.41) is 3.17. The molecule has 2 aromatic rings. The lowest BCUT2D eigenvalue weighted by Crippen LogP contribution is -2.45. The van der Waals surface area contributed by atoms with Crippen LogP contribution in [0.25, 0.3) is 0 Å². The molecular formula is C23H32N4O. The van der Waals surface area contributed by atoms with Crippen LogP contribution in [0, 0.1) is 5.92 Å². The highest BCUT2D eigenvalue weighted by atomic mass is 16.2. The van der Waals surface area contributed by atoms with Crippen LogP contribution in [0.4, 0.5) is 4.79 Å². The Morgan fingerprint density at radius 2 is 1.89 bits per heavy atom. The Morgan fingerprint density at radius 1 is 1.07 bits per heavy atom. The molecule has 2 aliphatic rings. The van der Waals surface area contributed by atoms with Crippen LogP contribution in [-0.2, 0) is 19.6 Å². The van der Waals surface area contributed by atoms with Crippen LogP contribution in [0.5, 0.6) is 0 Å². The van der Waals surface area contributed by atoms with Gasteiger partial charge in [-0.1, -0.05) is 31.2 Å². The molecular weight excluding hydrogens is 348 g/mol. The molecule has 4 rings (SSSR count). The summed E-state index contributed by atoms with van der Waals surface area (Å²) in [6.45, 7) is 9.98. The van der Waals surface area contributed by atoms with E-state index in [9.17, 15) is 4.79 Å². The third-order valence-electron chi connectivity index (χ3n) is 6.29. The summed E-state index contributed by atoms with van der Waals surface area (Å²) < 4.78 is 2.24. The number of fused-ring (bicyclic) bond motifs is 1. The monoisotopic (exact) mass is 380 g/mol. The number of carbonyl (C=O) groups is 1. The number of piperidine rings is 1. The van der Waals surface area contributed by atoms with Crippen molar-refractivity contribution in [1.82, 2.24) is 19.7 Å². The fraction of sp³-hybridized carbons (Fsp3) is 0.522. The molecule has 2 atom stereocenters. The van der Waals surface area contributed by atoms with E-state index in [0.29, 0.717) is 6.54 Å². The van der Waals surface area contributed by atoms with E-state index in [1.54, 1.807) is 0 Å². The highest BCUT2D eigenvalue weighted by Gasteiger charge is 2.27. The second-order valence-corrected chi connectivity index (χ2v) is 8.41. The summed E-state index contributed by atoms with van der Waals surface area (Å²) >= 11 is 0. The lowest BCUT2D eigenvalue weighted by atomic mass is 9.99. The number of hydrogen-bond acceptors (Lipinski definition) is 2. The van der Waals surface area contributed by atoms with Gasteiger partial charge < -0.3 is 14.8 Å². The maximum absolute atomic E-state index is 12.9. The Bertz CT molecular complexity index is 814. The lowest BCUT2D eigenvalue weighted by molar-refractivity contribution is 0.161. The zero-order valence-electron chi connectivity index (χ0n) is 17.1. The van der Waals surface area contributed by atoms with Crippen molar-refractivity contribution < 1.29 is 4.79 Å². The average Bonchev–Trinajstić information content (AvgIpc) is 3.17. The summed E-state index contributed by atoms with van der Waals surface area (Å²) in [5.74, 6) is 0.778. The molecule has 2 amide bonds. The fourth-order valence-electron chi connectivity index (χ4n) is 4.68. The van der Waals surface area contributed by atoms with Crippen molar-refractivity contribution in [2.24, 2.45) is 5.92 Å². The summed E-state index contributed by atoms with van der Waals surface area (Å²) in [6.07, 6.45) is 4.72. The summed E-state index contributed by atoms with van der Waals surface area (Å²) in [4.78, 5) is 17.4. The van der Waals surface area contributed by atoms with Gasteiger partial charge in [-0.3, -0.25) is 4.90 Å². The Labute approximate surface area is 168 Å². The molecule has 2 unspecified atom stereocenters. The Hall–Kier alpha value is -2.27. The minimum Gasteiger partial charge on any atom is -0.348 e. The number of carbonyl (C=O) groups excluding carboxylic acids is 1. The highest BCUT2D eigenvalue weighted by Crippen LogP contribution is 2.25. The molecule has 1 N–H and O–H groups in total. The molecule has 3 heterocycles. The molecule has 28 heavy (non-hydrogen) atoms. The number of amides is 2. The van der Waals surface area contributed by atoms with Gasteiger partial charge in [0, 0.05) is 44.6 Å². The number of nitrogens with zero attached hydrogens (tertiary/aromatic N) is 3. The van der Waals surface area contributed by atoms with Gasteiger partial charge in [0.15, 0.2) is 0 Å². The minimum absolute atomic E-state index is 0.0290. The van der Waals surface area contributed by atoms with E-state index >= 15 is 0 Å². The molecule has 5 heteroatoms. The number of urea groups is 1. The van der Waals surface area contributed by atoms with Crippen LogP contribution in [-0.4, -0.2) is 40.0 Å². The summed E-state index contributed by atoms with van der Waals surface area (Å²) in [6, 6.07) is 12.8. The largest absolute Gasteiger partial charge is 0.348 e. The molecule has 150 valence electrons. The van der Waals surface area contributed by atoms with E-state index in [1.165, 1.54) is 42.8 Å². The van der Waals surface area contributed by atoms with E-state index in [2.05, 4.69) is 71.2 Å². The number of likely N-dealkylation sites (tertiary alicyclic amines) is 1. The smallest absolute Gasteiger partial charge is 0.318 e. The lowest BCUT2D eigenvalue weighted by Gasteiger charge is -2.35. The Kier molecular flexibility index (Phi) is 5.72. The topological polar surface area (TPSA) is 40.5 Å². The third-order valence-corrected chi connectivity index (χ3v) is 6.29. The zero-order chi connectivity index (χ0) is 19.5. The number of aromatic nitrogens is 1. The van der Waals surface area contributed by atoms with Gasteiger partial charge in [0.05, 0.1) is 6.04 Å². The minimum atomic E-state index is 0.0290. The molecule has 0 spiro atoms. The van der Waals surface area contributed by atoms with Crippen LogP contribution < -0.4 is 5.32 Å². The summed E-state index contributed by atoms with van der Waals surface area (Å²) in [7, 11) is 0. The highest BCUT2D eigenvalue weighted by molar-refractivity contribution is 5.74. The number of hydrogen-bond donors (Lipinski definition) is 1. The first kappa shape index (κ1) is 19.1. The van der Waals surface area contributed by atoms with Crippen LogP contribution in [0.2, 0.25) is 0 Å². The molecule has 0 saturated carbocycles. The maximum Gasteiger partial charge on any atom is 0.318 e. The van der Waals surface area contributed by atoms with Gasteiger partial charge in [-0.15, -0.1) is 0 Å². The number of nitrogens with one attached hydrogen (secondary N) is 1. The molecule has 0 aliphatic carbocycles. The fourth-order valence-corrected chi connectivity index (χ4v) is 4.68. The van der Waals surface area contributed by atoms with Crippen molar-refractivity contribution in [3.05, 3.63) is 59.4 Å². The van der Waals surface area contributed by atoms with Crippen LogP contribution in [0.15, 0.2) is 42.6 Å². The predicted octanol–water partition coefficient (Wildman–Crippen LogP) is 4.01. The van der Waals surface area contributed by atoms with Crippen molar-refractivity contribution in [2.75, 3.05) is 19.6 Å². The molecule has 2 aliphatic heterocycles. The van der Waals surface area contributed by atoms with Gasteiger partial charge in [-0.05, 0) is 55.5 Å². The normalized spacial score (nSPS) is 22.7. The average molecular weight is 381 g/mol. The van der Waals surface area contributed by atoms with Crippen LogP contribution >= 0.6 is 0 Å². The molecule has 0 bridgehead atoms. The van der Waals surface area contributed by atoms with Crippen molar-refractivity contribution in [2.45, 2.75) is 52.4 Å². The van der Waals surface area contributed by atoms with Gasteiger partial charge in [0.2, 0.25) is 0 Å². The van der Waals surface area contributed by atoms with E-state index < -0.39 is 0 Å². The van der Waals surface area contributed by atoms with Crippen LogP contribution in [0.3, 0.4) is 0 Å². The third kappa shape index (κ3) is 4.09. The molecule has 1 aromatic carbocycles. The number of benzene rings is 1. The van der Waals surface area contributed by atoms with Crippen molar-refractivity contribution in [3.8, 4) is 0 Å². The first-order valence-electron chi connectivity index (χ1n) is 10.6. The van der Waals surface area contributed by atoms with Gasteiger partial charge >= 0.3 is 6.03 Å². The van der Waals surface area contributed by atoms with Gasteiger partial charge in [0.25, 0.3) is 0 Å². The van der Waals surface area contributed by atoms with E-state index in [4.69, 9.17) is 0 Å². The van der Waals surface area contributed by atoms with Gasteiger partial charge in [-0.2, -0.15) is 0 Å². The van der Waals surface area contributed by atoms with Gasteiger partial charge in [0.1, 0.15) is 0 Å². The van der Waals surface area contributed by atoms with Gasteiger partial charge in [-0.25, -0.2) is 4.79 Å². The van der Waals surface area contributed by atoms with Crippen LogP contribution in [0.1, 0.15) is 49.6 Å². The standard InChI is InChI=1S/C23H32N4O/c1-18-7-5-11-25(16-18)17-21-9-4-3-8-20(21)15-24-23(28)27-14-13-26-12-6-10-22(26)19(27)2/h3-4,6,8-10,12,18-19H,5,7,11,13-17H2,1-2H3,(H,24,28). The zero-order valence-corrected chi connectivity index (χ0v) is 17.1. The molecule has 5 nitrogen and oxygen atoms in total. The van der Waals surface area contributed by atoms with E-state index in [0.717, 1.165) is 25.6 Å². The maximum atomic E-state index is 12.9. The SMILES string of the molecule is CC1CCCN(Cc2ccccc2CNC(=O)N2CCn3cccc3C2C)C1.